The highest BCUT2D eigenvalue weighted by atomic mass is 35.5. The maximum Gasteiger partial charge on any atom is 0.443 e. The first-order valence-electron chi connectivity index (χ1n) is 8.78. The Labute approximate surface area is 188 Å². The smallest absolute Gasteiger partial charge is 0.347 e. The third-order valence-corrected chi connectivity index (χ3v) is 7.81. The first kappa shape index (κ1) is 22.2. The molecule has 0 unspecified atom stereocenters. The molecule has 0 aliphatic carbocycles. The Balaban J connectivity index is 1.65. The molecule has 0 saturated heterocycles. The zero-order valence-electron chi connectivity index (χ0n) is 15.7. The monoisotopic (exact) mass is 501 g/mol. The van der Waals surface area contributed by atoms with Crippen LogP contribution in [0.4, 0.5) is 18.9 Å². The number of sulfone groups is 1. The lowest BCUT2D eigenvalue weighted by Gasteiger charge is -2.13. The maximum atomic E-state index is 13.0. The van der Waals surface area contributed by atoms with E-state index in [4.69, 9.17) is 11.6 Å². The second-order valence-electron chi connectivity index (χ2n) is 6.57. The van der Waals surface area contributed by atoms with Gasteiger partial charge < -0.3 is 10.6 Å². The van der Waals surface area contributed by atoms with E-state index in [9.17, 15) is 31.2 Å². The predicted octanol–water partition coefficient (Wildman–Crippen LogP) is 4.14. The van der Waals surface area contributed by atoms with Crippen molar-refractivity contribution in [3.05, 3.63) is 68.6 Å². The molecule has 2 aromatic carbocycles. The van der Waals surface area contributed by atoms with Crippen LogP contribution in [0.1, 0.15) is 30.6 Å². The van der Waals surface area contributed by atoms with Crippen molar-refractivity contribution in [3.63, 3.8) is 0 Å². The van der Waals surface area contributed by atoms with Gasteiger partial charge in [0.2, 0.25) is 9.84 Å². The van der Waals surface area contributed by atoms with Gasteiger partial charge in [0, 0.05) is 11.1 Å². The minimum Gasteiger partial charge on any atom is -0.347 e. The molecular weight excluding hydrogens is 491 g/mol. The van der Waals surface area contributed by atoms with Crippen molar-refractivity contribution in [2.45, 2.75) is 22.5 Å². The van der Waals surface area contributed by atoms with Gasteiger partial charge in [-0.3, -0.25) is 9.59 Å². The summed E-state index contributed by atoms with van der Waals surface area (Å²) in [5.41, 5.74) is -0.485. The quantitative estimate of drug-likeness (QED) is 0.561. The third-order valence-electron chi connectivity index (χ3n) is 4.52. The Morgan fingerprint density at radius 3 is 2.56 bits per heavy atom. The lowest BCUT2D eigenvalue weighted by molar-refractivity contribution is -0.137. The van der Waals surface area contributed by atoms with Crippen molar-refractivity contribution in [1.29, 1.82) is 0 Å². The second-order valence-corrected chi connectivity index (χ2v) is 9.95. The number of nitrogens with zero attached hydrogens (tertiary/aromatic N) is 1. The molecule has 166 valence electrons. The highest BCUT2D eigenvalue weighted by Crippen LogP contribution is 2.39. The fourth-order valence-corrected chi connectivity index (χ4v) is 5.73. The van der Waals surface area contributed by atoms with E-state index >= 15 is 0 Å². The summed E-state index contributed by atoms with van der Waals surface area (Å²) in [5, 5.41) is 3.48. The molecule has 1 aromatic heterocycles. The van der Waals surface area contributed by atoms with E-state index in [2.05, 4.69) is 15.6 Å². The van der Waals surface area contributed by atoms with E-state index in [0.29, 0.717) is 11.3 Å². The highest BCUT2D eigenvalue weighted by Gasteiger charge is 2.35. The minimum atomic E-state index is -4.59. The predicted molar refractivity (Wildman–Crippen MR) is 110 cm³/mol. The number of hydrogen-bond donors (Lipinski definition) is 2. The number of hydrogen-bond acceptors (Lipinski definition) is 6. The number of anilines is 1. The van der Waals surface area contributed by atoms with Gasteiger partial charge in [-0.25, -0.2) is 13.4 Å². The first-order chi connectivity index (χ1) is 15.0. The van der Waals surface area contributed by atoms with Gasteiger partial charge in [0.1, 0.15) is 0 Å². The molecule has 13 heteroatoms. The fraction of sp³-hybridized carbons (Fsp3) is 0.105. The van der Waals surface area contributed by atoms with Crippen LogP contribution < -0.4 is 10.6 Å². The SMILES string of the molecule is O=C1Nc2c(ccc(C(=O)NCc3cnc(C(F)(F)F)s3)c2Cl)S(=O)(=O)c2ccccc21. The van der Waals surface area contributed by atoms with Crippen LogP contribution >= 0.6 is 22.9 Å². The number of benzene rings is 2. The summed E-state index contributed by atoms with van der Waals surface area (Å²) < 4.78 is 64.1. The second kappa shape index (κ2) is 7.87. The van der Waals surface area contributed by atoms with Crippen molar-refractivity contribution in [2.75, 3.05) is 5.32 Å². The third kappa shape index (κ3) is 3.85. The maximum absolute atomic E-state index is 13.0. The zero-order chi connectivity index (χ0) is 23.3. The lowest BCUT2D eigenvalue weighted by Crippen LogP contribution is -2.23. The Hall–Kier alpha value is -2.96. The number of rotatable bonds is 3. The van der Waals surface area contributed by atoms with Gasteiger partial charge in [0.25, 0.3) is 11.8 Å². The summed E-state index contributed by atoms with van der Waals surface area (Å²) in [4.78, 5) is 28.1. The van der Waals surface area contributed by atoms with E-state index < -0.39 is 32.8 Å². The van der Waals surface area contributed by atoms with Crippen molar-refractivity contribution < 1.29 is 31.2 Å². The largest absolute Gasteiger partial charge is 0.443 e. The van der Waals surface area contributed by atoms with Crippen LogP contribution in [0.15, 0.2) is 52.4 Å². The molecule has 0 spiro atoms. The average Bonchev–Trinajstić information content (AvgIpc) is 3.20. The van der Waals surface area contributed by atoms with Crippen LogP contribution in [0.3, 0.4) is 0 Å². The fourth-order valence-electron chi connectivity index (χ4n) is 3.04. The van der Waals surface area contributed by atoms with Crippen LogP contribution in [0.2, 0.25) is 5.02 Å². The summed E-state index contributed by atoms with van der Waals surface area (Å²) in [6.45, 7) is -0.254. The molecule has 7 nitrogen and oxygen atoms in total. The normalized spacial score (nSPS) is 14.7. The molecule has 2 heterocycles. The standard InChI is InChI=1S/C19H11ClF3N3O4S2/c20-14-11(16(27)24-7-9-8-25-18(31-9)19(21,22)23)5-6-13-15(14)26-17(28)10-3-1-2-4-12(10)32(13,29)30/h1-6,8H,7H2,(H,24,27)(H,26,28). The number of fused-ring (bicyclic) bond motifs is 2. The molecule has 2 amide bonds. The van der Waals surface area contributed by atoms with Crippen molar-refractivity contribution in [1.82, 2.24) is 10.3 Å². The number of carbonyl (C=O) groups excluding carboxylic acids is 2. The number of amides is 2. The van der Waals surface area contributed by atoms with E-state index in [1.54, 1.807) is 0 Å². The molecular formula is C19H11ClF3N3O4S2. The topological polar surface area (TPSA) is 105 Å². The zero-order valence-corrected chi connectivity index (χ0v) is 18.0. The number of carbonyl (C=O) groups is 2. The Bertz CT molecular complexity index is 1370. The molecule has 3 aromatic rings. The molecule has 0 saturated carbocycles. The van der Waals surface area contributed by atoms with E-state index in [-0.39, 0.29) is 43.0 Å². The minimum absolute atomic E-state index is 0.0727. The number of thiazole rings is 1. The van der Waals surface area contributed by atoms with Crippen LogP contribution in [0.5, 0.6) is 0 Å². The van der Waals surface area contributed by atoms with Crippen molar-refractivity contribution in [3.8, 4) is 0 Å². The number of nitrogens with one attached hydrogen (secondary N) is 2. The van der Waals surface area contributed by atoms with E-state index in [0.717, 1.165) is 12.3 Å². The lowest BCUT2D eigenvalue weighted by atomic mass is 10.1. The van der Waals surface area contributed by atoms with Gasteiger partial charge in [-0.2, -0.15) is 13.2 Å². The summed E-state index contributed by atoms with van der Waals surface area (Å²) >= 11 is 6.66. The highest BCUT2D eigenvalue weighted by molar-refractivity contribution is 7.91. The number of halogens is 4. The van der Waals surface area contributed by atoms with Crippen LogP contribution in [0.25, 0.3) is 0 Å². The molecule has 4 rings (SSSR count). The van der Waals surface area contributed by atoms with Crippen molar-refractivity contribution >= 4 is 50.3 Å². The molecule has 0 bridgehead atoms. The van der Waals surface area contributed by atoms with Crippen molar-refractivity contribution in [2.24, 2.45) is 0 Å². The molecule has 1 aliphatic rings. The average molecular weight is 502 g/mol. The Morgan fingerprint density at radius 2 is 1.88 bits per heavy atom. The molecule has 32 heavy (non-hydrogen) atoms. The van der Waals surface area contributed by atoms with Crippen LogP contribution in [-0.2, 0) is 22.6 Å². The Morgan fingerprint density at radius 1 is 1.16 bits per heavy atom. The number of aromatic nitrogens is 1. The summed E-state index contributed by atoms with van der Waals surface area (Å²) in [5.74, 6) is -1.49. The van der Waals surface area contributed by atoms with Gasteiger partial charge in [-0.15, -0.1) is 11.3 Å². The molecule has 1 aliphatic heterocycles. The van der Waals surface area contributed by atoms with Crippen LogP contribution in [0, 0.1) is 0 Å². The van der Waals surface area contributed by atoms with E-state index in [1.807, 2.05) is 0 Å². The summed E-state index contributed by atoms with van der Waals surface area (Å²) in [6.07, 6.45) is -3.59. The molecule has 0 radical (unpaired) electrons. The molecule has 0 atom stereocenters. The first-order valence-corrected chi connectivity index (χ1v) is 11.5. The number of alkyl halides is 3. The summed E-state index contributed by atoms with van der Waals surface area (Å²) in [6, 6.07) is 7.93. The van der Waals surface area contributed by atoms with Gasteiger partial charge in [-0.1, -0.05) is 23.7 Å². The van der Waals surface area contributed by atoms with Gasteiger partial charge in [-0.05, 0) is 24.3 Å². The molecule has 0 fully saturated rings. The van der Waals surface area contributed by atoms with Gasteiger partial charge in [0.05, 0.1) is 38.2 Å². The Kier molecular flexibility index (Phi) is 5.47. The van der Waals surface area contributed by atoms with Gasteiger partial charge in [0.15, 0.2) is 5.01 Å². The van der Waals surface area contributed by atoms with E-state index in [1.165, 1.54) is 30.3 Å². The van der Waals surface area contributed by atoms with Crippen LogP contribution in [-0.4, -0.2) is 25.2 Å². The summed E-state index contributed by atoms with van der Waals surface area (Å²) in [7, 11) is -4.11. The van der Waals surface area contributed by atoms with Gasteiger partial charge >= 0.3 is 6.18 Å². The molecule has 2 N–H and O–H groups in total.